The Labute approximate surface area is 182 Å². The molecule has 1 amide bonds. The van der Waals surface area contributed by atoms with Gasteiger partial charge in [-0.2, -0.15) is 23.4 Å². The van der Waals surface area contributed by atoms with Crippen molar-refractivity contribution < 1.29 is 27.9 Å². The molecule has 4 aromatic rings. The molecular weight excluding hydrogens is 449 g/mol. The molecule has 0 saturated heterocycles. The van der Waals surface area contributed by atoms with Crippen LogP contribution in [-0.4, -0.2) is 41.4 Å². The summed E-state index contributed by atoms with van der Waals surface area (Å²) in [5.74, 6) is -2.27. The van der Waals surface area contributed by atoms with E-state index in [0.717, 1.165) is 23.4 Å². The van der Waals surface area contributed by atoms with Crippen LogP contribution in [0.5, 0.6) is 0 Å². The predicted octanol–water partition coefficient (Wildman–Crippen LogP) is 3.72. The first-order chi connectivity index (χ1) is 15.1. The Bertz CT molecular complexity index is 1350. The van der Waals surface area contributed by atoms with Gasteiger partial charge >= 0.3 is 12.1 Å². The highest BCUT2D eigenvalue weighted by molar-refractivity contribution is 7.15. The number of rotatable bonds is 5. The molecule has 4 heterocycles. The zero-order valence-electron chi connectivity index (χ0n) is 16.6. The molecule has 0 aliphatic carbocycles. The van der Waals surface area contributed by atoms with E-state index in [1.807, 2.05) is 13.0 Å². The molecule has 32 heavy (non-hydrogen) atoms. The van der Waals surface area contributed by atoms with Gasteiger partial charge in [0.2, 0.25) is 0 Å². The van der Waals surface area contributed by atoms with Crippen LogP contribution in [0.3, 0.4) is 0 Å². The fraction of sp³-hybridized carbons (Fsp3) is 0.211. The number of carboxylic acids is 1. The first kappa shape index (κ1) is 21.5. The summed E-state index contributed by atoms with van der Waals surface area (Å²) < 4.78 is 42.9. The number of hydrogen-bond donors (Lipinski definition) is 2. The summed E-state index contributed by atoms with van der Waals surface area (Å²) in [7, 11) is 1.46. The molecule has 0 aromatic carbocycles. The van der Waals surface area contributed by atoms with Crippen LogP contribution in [0.4, 0.5) is 18.9 Å². The van der Waals surface area contributed by atoms with Crippen LogP contribution in [0.2, 0.25) is 0 Å². The zero-order valence-corrected chi connectivity index (χ0v) is 17.5. The van der Waals surface area contributed by atoms with Crippen molar-refractivity contribution in [2.45, 2.75) is 19.5 Å². The van der Waals surface area contributed by atoms with Crippen molar-refractivity contribution in [2.24, 2.45) is 7.05 Å². The zero-order chi connectivity index (χ0) is 23.2. The number of nitrogens with zero attached hydrogens (tertiary/aromatic N) is 5. The second-order valence-electron chi connectivity index (χ2n) is 6.77. The van der Waals surface area contributed by atoms with Gasteiger partial charge < -0.3 is 10.4 Å². The number of halogens is 3. The Morgan fingerprint density at radius 1 is 1.22 bits per heavy atom. The number of amides is 1. The summed E-state index contributed by atoms with van der Waals surface area (Å²) in [6.45, 7) is 1.94. The number of nitrogens with one attached hydrogen (secondary N) is 1. The smallest absolute Gasteiger partial charge is 0.433 e. The number of anilines is 1. The molecule has 4 rings (SSSR count). The van der Waals surface area contributed by atoms with Gasteiger partial charge in [-0.25, -0.2) is 14.3 Å². The lowest BCUT2D eigenvalue weighted by atomic mass is 10.2. The number of alkyl halides is 3. The lowest BCUT2D eigenvalue weighted by Gasteiger charge is -2.10. The highest BCUT2D eigenvalue weighted by Gasteiger charge is 2.36. The summed E-state index contributed by atoms with van der Waals surface area (Å²) in [5.41, 5.74) is -2.03. The van der Waals surface area contributed by atoms with Crippen molar-refractivity contribution in [3.8, 4) is 10.6 Å². The first-order valence-corrected chi connectivity index (χ1v) is 10.0. The normalized spacial score (nSPS) is 11.8. The minimum Gasteiger partial charge on any atom is -0.476 e. The molecule has 2 N–H and O–H groups in total. The van der Waals surface area contributed by atoms with E-state index in [0.29, 0.717) is 9.39 Å². The van der Waals surface area contributed by atoms with Crippen LogP contribution in [0.1, 0.15) is 38.5 Å². The van der Waals surface area contributed by atoms with E-state index < -0.39 is 29.4 Å². The maximum atomic E-state index is 13.7. The Morgan fingerprint density at radius 3 is 2.59 bits per heavy atom. The van der Waals surface area contributed by atoms with Crippen molar-refractivity contribution in [3.63, 3.8) is 0 Å². The van der Waals surface area contributed by atoms with Crippen molar-refractivity contribution in [2.75, 3.05) is 5.32 Å². The molecule has 0 saturated carbocycles. The molecule has 4 aromatic heterocycles. The highest BCUT2D eigenvalue weighted by Crippen LogP contribution is 2.34. The van der Waals surface area contributed by atoms with Crippen LogP contribution in [-0.2, 0) is 19.6 Å². The van der Waals surface area contributed by atoms with Crippen molar-refractivity contribution in [3.05, 3.63) is 52.4 Å². The minimum atomic E-state index is -4.75. The van der Waals surface area contributed by atoms with Crippen LogP contribution < -0.4 is 5.32 Å². The molecule has 0 unspecified atom stereocenters. The van der Waals surface area contributed by atoms with Crippen LogP contribution in [0.25, 0.3) is 16.2 Å². The van der Waals surface area contributed by atoms with E-state index in [-0.39, 0.29) is 22.7 Å². The number of hydrogen-bond acceptors (Lipinski definition) is 6. The summed E-state index contributed by atoms with van der Waals surface area (Å²) >= 11 is 1.33. The van der Waals surface area contributed by atoms with Gasteiger partial charge in [0, 0.05) is 24.2 Å². The molecule has 0 spiro atoms. The Hall–Kier alpha value is -3.74. The van der Waals surface area contributed by atoms with Crippen LogP contribution in [0, 0.1) is 0 Å². The Kier molecular flexibility index (Phi) is 5.20. The molecule has 0 fully saturated rings. The second kappa shape index (κ2) is 7.75. The van der Waals surface area contributed by atoms with Crippen molar-refractivity contribution >= 4 is 34.5 Å². The van der Waals surface area contributed by atoms with E-state index >= 15 is 0 Å². The number of carboxylic acid groups (broad SMARTS) is 1. The molecule has 13 heteroatoms. The first-order valence-electron chi connectivity index (χ1n) is 9.22. The number of thiophene rings is 1. The van der Waals surface area contributed by atoms with Gasteiger partial charge in [-0.05, 0) is 24.6 Å². The summed E-state index contributed by atoms with van der Waals surface area (Å²) in [5, 5.41) is 19.0. The van der Waals surface area contributed by atoms with Crippen molar-refractivity contribution in [1.29, 1.82) is 0 Å². The molecule has 0 aliphatic rings. The molecule has 0 atom stereocenters. The third-order valence-electron chi connectivity index (χ3n) is 4.49. The van der Waals surface area contributed by atoms with Crippen molar-refractivity contribution in [1.82, 2.24) is 24.4 Å². The topological polar surface area (TPSA) is 114 Å². The quantitative estimate of drug-likeness (QED) is 0.465. The monoisotopic (exact) mass is 464 g/mol. The van der Waals surface area contributed by atoms with E-state index in [2.05, 4.69) is 20.5 Å². The number of carbonyl (C=O) groups is 2. The fourth-order valence-corrected chi connectivity index (χ4v) is 3.95. The van der Waals surface area contributed by atoms with E-state index in [9.17, 15) is 27.9 Å². The molecule has 0 aliphatic heterocycles. The van der Waals surface area contributed by atoms with Gasteiger partial charge in [-0.1, -0.05) is 6.92 Å². The molecule has 0 radical (unpaired) electrons. The predicted molar refractivity (Wildman–Crippen MR) is 109 cm³/mol. The van der Waals surface area contributed by atoms with Gasteiger partial charge in [0.15, 0.2) is 22.7 Å². The van der Waals surface area contributed by atoms with Gasteiger partial charge in [-0.15, -0.1) is 11.3 Å². The van der Waals surface area contributed by atoms with Gasteiger partial charge in [-0.3, -0.25) is 9.48 Å². The molecule has 166 valence electrons. The summed E-state index contributed by atoms with van der Waals surface area (Å²) in [4.78, 5) is 29.7. The molecule has 9 nitrogen and oxygen atoms in total. The lowest BCUT2D eigenvalue weighted by Crippen LogP contribution is -2.16. The summed E-state index contributed by atoms with van der Waals surface area (Å²) in [6.07, 6.45) is -2.75. The second-order valence-corrected chi connectivity index (χ2v) is 7.94. The highest BCUT2D eigenvalue weighted by atomic mass is 32.1. The van der Waals surface area contributed by atoms with Crippen LogP contribution in [0.15, 0.2) is 30.5 Å². The summed E-state index contributed by atoms with van der Waals surface area (Å²) in [6, 6.07) is 5.51. The molecule has 0 bridgehead atoms. The van der Waals surface area contributed by atoms with E-state index in [1.165, 1.54) is 29.3 Å². The fourth-order valence-electron chi connectivity index (χ4n) is 3.04. The number of aromatic nitrogens is 5. The maximum absolute atomic E-state index is 13.7. The Morgan fingerprint density at radius 2 is 1.97 bits per heavy atom. The van der Waals surface area contributed by atoms with Crippen LogP contribution >= 0.6 is 11.3 Å². The maximum Gasteiger partial charge on any atom is 0.433 e. The SMILES string of the molecule is CCc1ccc(-c2cc(C(F)(F)F)n3nc(C(=O)Nc4cn(C)nc4C(=O)O)cc3n2)s1. The number of fused-ring (bicyclic) bond motifs is 1. The number of carbonyl (C=O) groups excluding carboxylic acids is 1. The third kappa shape index (κ3) is 3.93. The average molecular weight is 464 g/mol. The lowest BCUT2D eigenvalue weighted by molar-refractivity contribution is -0.142. The van der Waals surface area contributed by atoms with Gasteiger partial charge in [0.1, 0.15) is 0 Å². The Balaban J connectivity index is 1.77. The number of aryl methyl sites for hydroxylation is 2. The van der Waals surface area contributed by atoms with E-state index in [1.54, 1.807) is 6.07 Å². The molecular formula is C19H15F3N6O3S. The van der Waals surface area contributed by atoms with Gasteiger partial charge in [0.25, 0.3) is 5.91 Å². The third-order valence-corrected chi connectivity index (χ3v) is 5.74. The standard InChI is InChI=1S/C19H15F3N6O3S/c1-3-9-4-5-13(32-9)10-6-14(19(20,21)22)28-15(23-10)7-11(25-28)17(29)24-12-8-27(2)26-16(12)18(30)31/h4-8H,3H2,1-2H3,(H,24,29)(H,30,31). The van der Waals surface area contributed by atoms with E-state index in [4.69, 9.17) is 0 Å². The minimum absolute atomic E-state index is 0.113. The average Bonchev–Trinajstić information content (AvgIpc) is 3.43. The largest absolute Gasteiger partial charge is 0.476 e. The number of aromatic carboxylic acids is 1. The van der Waals surface area contributed by atoms with Gasteiger partial charge in [0.05, 0.1) is 16.3 Å².